The smallest absolute Gasteiger partial charge is 0.311 e. The molecule has 0 spiro atoms. The average molecular weight is 304 g/mol. The number of hydrogen-bond donors (Lipinski definition) is 0. The van der Waals surface area contributed by atoms with Crippen LogP contribution in [0.15, 0.2) is 23.0 Å². The minimum atomic E-state index is -1.13. The highest BCUT2D eigenvalue weighted by molar-refractivity contribution is 5.72. The molecule has 0 bridgehead atoms. The second kappa shape index (κ2) is 8.35. The summed E-state index contributed by atoms with van der Waals surface area (Å²) in [5.41, 5.74) is 0. The Morgan fingerprint density at radius 1 is 1.33 bits per heavy atom. The van der Waals surface area contributed by atoms with Crippen molar-refractivity contribution in [3.63, 3.8) is 0 Å². The van der Waals surface area contributed by atoms with Gasteiger partial charge in [-0.3, -0.25) is 4.79 Å². The van der Waals surface area contributed by atoms with Crippen LogP contribution in [0.25, 0.3) is 0 Å². The van der Waals surface area contributed by atoms with E-state index in [0.717, 1.165) is 0 Å². The normalized spacial score (nSPS) is 11.4. The molecule has 11 heteroatoms. The van der Waals surface area contributed by atoms with E-state index in [1.54, 1.807) is 0 Å². The molecule has 1 heterocycles. The minimum Gasteiger partial charge on any atom is -0.469 e. The Balaban J connectivity index is 2.29. The highest BCUT2D eigenvalue weighted by atomic mass is 17.0. The lowest BCUT2D eigenvalue weighted by Gasteiger charge is -2.12. The van der Waals surface area contributed by atoms with Crippen LogP contribution in [0.4, 0.5) is 0 Å². The van der Waals surface area contributed by atoms with Crippen LogP contribution in [0, 0.1) is 20.2 Å². The van der Waals surface area contributed by atoms with Gasteiger partial charge in [-0.05, 0) is 12.8 Å². The van der Waals surface area contributed by atoms with E-state index < -0.39 is 28.9 Å². The largest absolute Gasteiger partial charge is 0.469 e. The highest BCUT2D eigenvalue weighted by Crippen LogP contribution is 2.12. The molecule has 0 aliphatic rings. The number of esters is 1. The molecular formula is C10H12N2O9. The number of carbonyl (C=O) groups is 1. The van der Waals surface area contributed by atoms with Crippen LogP contribution in [0.5, 0.6) is 5.75 Å². The summed E-state index contributed by atoms with van der Waals surface area (Å²) in [4.78, 5) is 39.9. The SMILES string of the molecule is O=C(CCC[C@@H](CO[N+](=O)[O-])O[N+](=O)[O-])Oc1ccoc1. The van der Waals surface area contributed by atoms with E-state index in [-0.39, 0.29) is 25.0 Å². The van der Waals surface area contributed by atoms with Crippen molar-refractivity contribution in [1.82, 2.24) is 0 Å². The molecular weight excluding hydrogens is 292 g/mol. The number of hydrogen-bond acceptors (Lipinski definition) is 9. The highest BCUT2D eigenvalue weighted by Gasteiger charge is 2.16. The molecule has 0 saturated carbocycles. The van der Waals surface area contributed by atoms with Crippen LogP contribution in [0.3, 0.4) is 0 Å². The van der Waals surface area contributed by atoms with Gasteiger partial charge in [0.1, 0.15) is 19.0 Å². The molecule has 0 fully saturated rings. The maximum Gasteiger partial charge on any atom is 0.311 e. The van der Waals surface area contributed by atoms with E-state index in [2.05, 4.69) is 9.68 Å². The molecule has 0 aliphatic heterocycles. The summed E-state index contributed by atoms with van der Waals surface area (Å²) in [6.07, 6.45) is 1.60. The van der Waals surface area contributed by atoms with Crippen LogP contribution in [-0.2, 0) is 14.5 Å². The van der Waals surface area contributed by atoms with Crippen LogP contribution in [0.1, 0.15) is 19.3 Å². The predicted octanol–water partition coefficient (Wildman–Crippen LogP) is 1.14. The standard InChI is InChI=1S/C10H12N2O9/c13-10(20-8-4-5-18-6-8)3-1-2-9(21-12(16)17)7-19-11(14)15/h4-6,9H,1-3,7H2/t9-/m0/s1. The third-order valence-corrected chi connectivity index (χ3v) is 2.23. The molecule has 0 aromatic carbocycles. The Bertz CT molecular complexity index is 473. The molecule has 0 N–H and O–H groups in total. The van der Waals surface area contributed by atoms with E-state index in [4.69, 9.17) is 9.15 Å². The Morgan fingerprint density at radius 3 is 2.67 bits per heavy atom. The number of furan rings is 1. The molecule has 1 atom stereocenters. The Labute approximate surface area is 117 Å². The number of carbonyl (C=O) groups excluding carboxylic acids is 1. The lowest BCUT2D eigenvalue weighted by Crippen LogP contribution is -2.25. The van der Waals surface area contributed by atoms with E-state index in [1.807, 2.05) is 0 Å². The molecule has 11 nitrogen and oxygen atoms in total. The van der Waals surface area contributed by atoms with Gasteiger partial charge in [0.2, 0.25) is 0 Å². The fourth-order valence-corrected chi connectivity index (χ4v) is 1.40. The van der Waals surface area contributed by atoms with Gasteiger partial charge in [0.25, 0.3) is 10.2 Å². The predicted molar refractivity (Wildman–Crippen MR) is 63.0 cm³/mol. The fraction of sp³-hybridized carbons (Fsp3) is 0.500. The van der Waals surface area contributed by atoms with Crippen molar-refractivity contribution in [2.24, 2.45) is 0 Å². The topological polar surface area (TPSA) is 144 Å². The zero-order chi connectivity index (χ0) is 15.7. The molecule has 0 unspecified atom stereocenters. The summed E-state index contributed by atoms with van der Waals surface area (Å²) in [6, 6.07) is 1.45. The van der Waals surface area contributed by atoms with Crippen LogP contribution < -0.4 is 4.74 Å². The van der Waals surface area contributed by atoms with Gasteiger partial charge in [0, 0.05) is 12.5 Å². The van der Waals surface area contributed by atoms with E-state index in [0.29, 0.717) is 0 Å². The molecule has 0 aliphatic carbocycles. The third-order valence-electron chi connectivity index (χ3n) is 2.23. The fourth-order valence-electron chi connectivity index (χ4n) is 1.40. The average Bonchev–Trinajstić information content (AvgIpc) is 2.87. The molecule has 1 rings (SSSR count). The van der Waals surface area contributed by atoms with Gasteiger partial charge in [-0.2, -0.15) is 0 Å². The van der Waals surface area contributed by atoms with E-state index in [9.17, 15) is 25.0 Å². The Hall–Kier alpha value is -2.85. The number of rotatable bonds is 10. The van der Waals surface area contributed by atoms with Gasteiger partial charge >= 0.3 is 5.97 Å². The summed E-state index contributed by atoms with van der Waals surface area (Å²) < 4.78 is 9.57. The summed E-state index contributed by atoms with van der Waals surface area (Å²) in [5.74, 6) is -0.318. The first-order chi connectivity index (χ1) is 9.97. The first-order valence-corrected chi connectivity index (χ1v) is 5.78. The maximum absolute atomic E-state index is 11.4. The van der Waals surface area contributed by atoms with E-state index in [1.165, 1.54) is 18.6 Å². The van der Waals surface area contributed by atoms with Crippen molar-refractivity contribution in [1.29, 1.82) is 0 Å². The second-order valence-corrected chi connectivity index (χ2v) is 3.80. The van der Waals surface area contributed by atoms with Crippen LogP contribution in [0.2, 0.25) is 0 Å². The van der Waals surface area contributed by atoms with Crippen molar-refractivity contribution in [3.05, 3.63) is 38.8 Å². The zero-order valence-electron chi connectivity index (χ0n) is 10.7. The van der Waals surface area contributed by atoms with Gasteiger partial charge in [-0.1, -0.05) is 0 Å². The van der Waals surface area contributed by atoms with Gasteiger partial charge in [-0.15, -0.1) is 20.2 Å². The zero-order valence-corrected chi connectivity index (χ0v) is 10.7. The van der Waals surface area contributed by atoms with Crippen LogP contribution >= 0.6 is 0 Å². The Morgan fingerprint density at radius 2 is 2.10 bits per heavy atom. The molecule has 21 heavy (non-hydrogen) atoms. The lowest BCUT2D eigenvalue weighted by molar-refractivity contribution is -0.790. The summed E-state index contributed by atoms with van der Waals surface area (Å²) >= 11 is 0. The summed E-state index contributed by atoms with van der Waals surface area (Å²) in [6.45, 7) is -0.593. The number of nitrogens with zero attached hydrogens (tertiary/aromatic N) is 2. The van der Waals surface area contributed by atoms with Crippen molar-refractivity contribution in [3.8, 4) is 5.75 Å². The molecule has 116 valence electrons. The molecule has 0 amide bonds. The van der Waals surface area contributed by atoms with Crippen LogP contribution in [-0.4, -0.2) is 28.9 Å². The lowest BCUT2D eigenvalue weighted by atomic mass is 10.1. The van der Waals surface area contributed by atoms with Crippen molar-refractivity contribution in [2.45, 2.75) is 25.4 Å². The summed E-state index contributed by atoms with van der Waals surface area (Å²) in [7, 11) is 0. The van der Waals surface area contributed by atoms with Gasteiger partial charge in [-0.25, -0.2) is 0 Å². The minimum absolute atomic E-state index is 0.0231. The third kappa shape index (κ3) is 7.34. The van der Waals surface area contributed by atoms with Crippen molar-refractivity contribution in [2.75, 3.05) is 6.61 Å². The first-order valence-electron chi connectivity index (χ1n) is 5.78. The molecule has 1 aromatic heterocycles. The molecule has 0 radical (unpaired) electrons. The van der Waals surface area contributed by atoms with Crippen molar-refractivity contribution < 1.29 is 33.8 Å². The molecule has 0 saturated heterocycles. The van der Waals surface area contributed by atoms with Gasteiger partial charge in [0.05, 0.1) is 6.26 Å². The molecule has 1 aromatic rings. The van der Waals surface area contributed by atoms with E-state index >= 15 is 0 Å². The maximum atomic E-state index is 11.4. The monoisotopic (exact) mass is 304 g/mol. The first kappa shape index (κ1) is 16.2. The van der Waals surface area contributed by atoms with Crippen molar-refractivity contribution >= 4 is 5.97 Å². The van der Waals surface area contributed by atoms with Gasteiger partial charge in [0.15, 0.2) is 5.75 Å². The Kier molecular flexibility index (Phi) is 6.44. The number of ether oxygens (including phenoxy) is 1. The quantitative estimate of drug-likeness (QED) is 0.353. The van der Waals surface area contributed by atoms with Gasteiger partial charge < -0.3 is 18.8 Å². The summed E-state index contributed by atoms with van der Waals surface area (Å²) in [5, 5.41) is 18.1. The second-order valence-electron chi connectivity index (χ2n) is 3.80.